The van der Waals surface area contributed by atoms with E-state index in [9.17, 15) is 8.78 Å². The van der Waals surface area contributed by atoms with E-state index in [1.165, 1.54) is 6.07 Å². The summed E-state index contributed by atoms with van der Waals surface area (Å²) in [5.74, 6) is -1.49. The molecule has 0 N–H and O–H groups in total. The van der Waals surface area contributed by atoms with E-state index in [1.54, 1.807) is 0 Å². The van der Waals surface area contributed by atoms with Crippen molar-refractivity contribution in [1.82, 2.24) is 4.98 Å². The Morgan fingerprint density at radius 1 is 1.31 bits per heavy atom. The van der Waals surface area contributed by atoms with Crippen molar-refractivity contribution >= 4 is 0 Å². The molecule has 0 saturated carbocycles. The quantitative estimate of drug-likeness (QED) is 0.417. The third-order valence-corrected chi connectivity index (χ3v) is 2.81. The van der Waals surface area contributed by atoms with E-state index in [0.29, 0.717) is 17.7 Å². The number of aromatic nitrogens is 2. The summed E-state index contributed by atoms with van der Waals surface area (Å²) in [6.07, 6.45) is 1.88. The lowest BCUT2D eigenvalue weighted by atomic mass is 10.1. The molecule has 4 heteroatoms. The minimum absolute atomic E-state index is 0.421. The topological polar surface area (TPSA) is 16.8 Å². The van der Waals surface area contributed by atoms with Crippen LogP contribution in [0.4, 0.5) is 8.78 Å². The van der Waals surface area contributed by atoms with Crippen LogP contribution in [0.25, 0.3) is 11.3 Å². The van der Waals surface area contributed by atoms with Crippen LogP contribution in [0.5, 0.6) is 0 Å². The first-order chi connectivity index (χ1) is 7.65. The molecule has 0 bridgehead atoms. The molecule has 0 radical (unpaired) electrons. The molecule has 0 fully saturated rings. The van der Waals surface area contributed by atoms with Gasteiger partial charge in [0.25, 0.3) is 0 Å². The Labute approximate surface area is 91.2 Å². The van der Waals surface area contributed by atoms with Crippen LogP contribution >= 0.6 is 0 Å². The summed E-state index contributed by atoms with van der Waals surface area (Å²) < 4.78 is 28.5. The Kier molecular flexibility index (Phi) is 1.80. The Hall–Kier alpha value is -1.84. The van der Waals surface area contributed by atoms with Crippen LogP contribution in [0.3, 0.4) is 0 Å². The molecule has 1 aliphatic rings. The number of pyridine rings is 2. The SMILES string of the molecule is Cc1cc[n+]2c(c1)-c1c(cc(F)nc1F)C2. The van der Waals surface area contributed by atoms with Crippen molar-refractivity contribution in [2.24, 2.45) is 0 Å². The van der Waals surface area contributed by atoms with Gasteiger partial charge in [-0.1, -0.05) is 0 Å². The van der Waals surface area contributed by atoms with E-state index in [1.807, 2.05) is 29.8 Å². The molecule has 2 aromatic heterocycles. The molecular weight excluding hydrogens is 210 g/mol. The maximum Gasteiger partial charge on any atom is 0.230 e. The summed E-state index contributed by atoms with van der Waals surface area (Å²) in [4.78, 5) is 3.23. The van der Waals surface area contributed by atoms with Crippen LogP contribution in [0.2, 0.25) is 0 Å². The van der Waals surface area contributed by atoms with Crippen LogP contribution in [-0.4, -0.2) is 4.98 Å². The highest BCUT2D eigenvalue weighted by Gasteiger charge is 2.30. The number of nitrogens with zero attached hydrogens (tertiary/aromatic N) is 2. The van der Waals surface area contributed by atoms with Crippen molar-refractivity contribution < 1.29 is 13.3 Å². The van der Waals surface area contributed by atoms with Gasteiger partial charge in [0, 0.05) is 23.8 Å². The molecule has 0 saturated heterocycles. The number of halogens is 2. The normalized spacial score (nSPS) is 12.4. The van der Waals surface area contributed by atoms with Crippen molar-refractivity contribution in [2.75, 3.05) is 0 Å². The van der Waals surface area contributed by atoms with E-state index in [0.717, 1.165) is 11.3 Å². The molecule has 0 aliphatic carbocycles. The van der Waals surface area contributed by atoms with E-state index < -0.39 is 11.9 Å². The fourth-order valence-corrected chi connectivity index (χ4v) is 2.10. The number of rotatable bonds is 0. The Balaban J connectivity index is 2.32. The second-order valence-electron chi connectivity index (χ2n) is 3.99. The van der Waals surface area contributed by atoms with Crippen LogP contribution in [0, 0.1) is 18.8 Å². The lowest BCUT2D eigenvalue weighted by Crippen LogP contribution is -2.31. The van der Waals surface area contributed by atoms with Gasteiger partial charge in [0.1, 0.15) is 5.56 Å². The molecule has 1 aliphatic heterocycles. The molecule has 0 atom stereocenters. The first kappa shape index (κ1) is 9.39. The summed E-state index contributed by atoms with van der Waals surface area (Å²) in [7, 11) is 0. The molecule has 3 rings (SSSR count). The highest BCUT2D eigenvalue weighted by molar-refractivity contribution is 5.63. The Morgan fingerprint density at radius 2 is 2.12 bits per heavy atom. The van der Waals surface area contributed by atoms with Gasteiger partial charge >= 0.3 is 0 Å². The van der Waals surface area contributed by atoms with Crippen molar-refractivity contribution in [3.8, 4) is 11.3 Å². The molecule has 2 nitrogen and oxygen atoms in total. The standard InChI is InChI=1S/C12H9F2N2/c1-7-2-3-16-6-8-5-10(13)15-12(14)11(8)9(16)4-7/h2-5H,6H2,1H3/q+1. The van der Waals surface area contributed by atoms with Gasteiger partial charge in [-0.15, -0.1) is 0 Å². The van der Waals surface area contributed by atoms with Crippen LogP contribution in [0.15, 0.2) is 24.4 Å². The molecule has 16 heavy (non-hydrogen) atoms. The highest BCUT2D eigenvalue weighted by Crippen LogP contribution is 2.28. The van der Waals surface area contributed by atoms with Gasteiger partial charge in [-0.05, 0) is 12.5 Å². The Morgan fingerprint density at radius 3 is 2.94 bits per heavy atom. The van der Waals surface area contributed by atoms with Crippen LogP contribution < -0.4 is 4.57 Å². The third-order valence-electron chi connectivity index (χ3n) is 2.81. The monoisotopic (exact) mass is 219 g/mol. The summed E-state index contributed by atoms with van der Waals surface area (Å²) in [5.41, 5.74) is 2.88. The van der Waals surface area contributed by atoms with Crippen molar-refractivity contribution in [3.63, 3.8) is 0 Å². The van der Waals surface area contributed by atoms with Gasteiger partial charge in [0.05, 0.1) is 0 Å². The van der Waals surface area contributed by atoms with Crippen LogP contribution in [0.1, 0.15) is 11.1 Å². The molecule has 0 amide bonds. The highest BCUT2D eigenvalue weighted by atomic mass is 19.1. The molecule has 2 aromatic rings. The lowest BCUT2D eigenvalue weighted by Gasteiger charge is -1.96. The van der Waals surface area contributed by atoms with Gasteiger partial charge < -0.3 is 0 Å². The zero-order valence-electron chi connectivity index (χ0n) is 8.67. The molecule has 0 aromatic carbocycles. The zero-order valence-corrected chi connectivity index (χ0v) is 8.67. The summed E-state index contributed by atoms with van der Waals surface area (Å²) >= 11 is 0. The Bertz CT molecular complexity index is 594. The molecule has 0 spiro atoms. The molecule has 0 unspecified atom stereocenters. The van der Waals surface area contributed by atoms with E-state index in [4.69, 9.17) is 0 Å². The maximum absolute atomic E-state index is 13.6. The third kappa shape index (κ3) is 1.23. The molecule has 80 valence electrons. The molecule has 3 heterocycles. The minimum atomic E-state index is -0.763. The van der Waals surface area contributed by atoms with Gasteiger partial charge in [-0.2, -0.15) is 18.3 Å². The average Bonchev–Trinajstić information content (AvgIpc) is 2.54. The number of hydrogen-bond acceptors (Lipinski definition) is 1. The van der Waals surface area contributed by atoms with E-state index >= 15 is 0 Å². The predicted molar refractivity (Wildman–Crippen MR) is 53.6 cm³/mol. The van der Waals surface area contributed by atoms with E-state index in [2.05, 4.69) is 4.98 Å². The maximum atomic E-state index is 13.6. The minimum Gasteiger partial charge on any atom is -0.194 e. The fourth-order valence-electron chi connectivity index (χ4n) is 2.10. The number of aryl methyl sites for hydroxylation is 1. The smallest absolute Gasteiger partial charge is 0.194 e. The summed E-state index contributed by atoms with van der Waals surface area (Å²) in [6.45, 7) is 2.44. The van der Waals surface area contributed by atoms with Crippen molar-refractivity contribution in [1.29, 1.82) is 0 Å². The van der Waals surface area contributed by atoms with Gasteiger partial charge in [-0.25, -0.2) is 0 Å². The van der Waals surface area contributed by atoms with Crippen LogP contribution in [-0.2, 0) is 6.54 Å². The second kappa shape index (κ2) is 3.07. The zero-order chi connectivity index (χ0) is 11.3. The summed E-state index contributed by atoms with van der Waals surface area (Å²) in [5, 5.41) is 0. The first-order valence-corrected chi connectivity index (χ1v) is 5.00. The average molecular weight is 219 g/mol. The lowest BCUT2D eigenvalue weighted by molar-refractivity contribution is -0.672. The van der Waals surface area contributed by atoms with Crippen molar-refractivity contribution in [2.45, 2.75) is 13.5 Å². The van der Waals surface area contributed by atoms with Crippen molar-refractivity contribution in [3.05, 3.63) is 47.4 Å². The van der Waals surface area contributed by atoms with Gasteiger partial charge in [0.2, 0.25) is 17.6 Å². The van der Waals surface area contributed by atoms with Gasteiger partial charge in [0.15, 0.2) is 12.7 Å². The fraction of sp³-hybridized carbons (Fsp3) is 0.167. The van der Waals surface area contributed by atoms with E-state index in [-0.39, 0.29) is 0 Å². The van der Waals surface area contributed by atoms with Gasteiger partial charge in [-0.3, -0.25) is 0 Å². The second-order valence-corrected chi connectivity index (χ2v) is 3.99. The number of fused-ring (bicyclic) bond motifs is 3. The molecular formula is C12H9F2N2+. The largest absolute Gasteiger partial charge is 0.230 e. The number of hydrogen-bond donors (Lipinski definition) is 0. The predicted octanol–water partition coefficient (Wildman–Crippen LogP) is 1.98. The summed E-state index contributed by atoms with van der Waals surface area (Å²) in [6, 6.07) is 5.12. The first-order valence-electron chi connectivity index (χ1n) is 5.00.